The van der Waals surface area contributed by atoms with E-state index in [1.807, 2.05) is 80.6 Å². The van der Waals surface area contributed by atoms with Gasteiger partial charge < -0.3 is 4.42 Å². The van der Waals surface area contributed by atoms with Gasteiger partial charge in [0.25, 0.3) is 0 Å². The number of benzene rings is 3. The molecule has 34 heavy (non-hydrogen) atoms. The summed E-state index contributed by atoms with van der Waals surface area (Å²) in [5.41, 5.74) is 4.16. The van der Waals surface area contributed by atoms with E-state index >= 15 is 0 Å². The number of hydrogen-bond acceptors (Lipinski definition) is 6. The maximum Gasteiger partial charge on any atom is 0.247 e. The van der Waals surface area contributed by atoms with Crippen LogP contribution in [0.15, 0.2) is 88.4 Å². The Bertz CT molecular complexity index is 1400. The summed E-state index contributed by atoms with van der Waals surface area (Å²) >= 11 is 7.66. The van der Waals surface area contributed by atoms with Crippen LogP contribution in [0.25, 0.3) is 17.1 Å². The first-order valence-electron chi connectivity index (χ1n) is 10.9. The molecule has 2 heterocycles. The van der Waals surface area contributed by atoms with Crippen LogP contribution in [0.1, 0.15) is 35.0 Å². The van der Waals surface area contributed by atoms with E-state index in [-0.39, 0.29) is 5.25 Å². The maximum atomic E-state index is 6.14. The van der Waals surface area contributed by atoms with Crippen LogP contribution in [0.3, 0.4) is 0 Å². The van der Waals surface area contributed by atoms with Crippen LogP contribution >= 0.6 is 23.4 Å². The Kier molecular flexibility index (Phi) is 6.47. The van der Waals surface area contributed by atoms with Gasteiger partial charge in [0, 0.05) is 22.7 Å². The van der Waals surface area contributed by atoms with Crippen LogP contribution in [-0.4, -0.2) is 25.0 Å². The summed E-state index contributed by atoms with van der Waals surface area (Å²) in [6, 6.07) is 25.9. The van der Waals surface area contributed by atoms with E-state index < -0.39 is 0 Å². The SMILES string of the molecule is Cc1cccc(-c2nnc(C(C)Sc3nnc(Cc4ccccc4)n3-c3ccc(Cl)cc3)o2)c1. The van der Waals surface area contributed by atoms with Crippen LogP contribution in [0.2, 0.25) is 5.02 Å². The average Bonchev–Trinajstić information content (AvgIpc) is 3.48. The molecule has 170 valence electrons. The molecule has 6 nitrogen and oxygen atoms in total. The molecular weight excluding hydrogens is 466 g/mol. The van der Waals surface area contributed by atoms with Crippen LogP contribution in [-0.2, 0) is 6.42 Å². The van der Waals surface area contributed by atoms with Gasteiger partial charge in [0.2, 0.25) is 11.8 Å². The molecule has 0 amide bonds. The summed E-state index contributed by atoms with van der Waals surface area (Å²) in [5, 5.41) is 18.9. The van der Waals surface area contributed by atoms with Crippen molar-refractivity contribution in [1.82, 2.24) is 25.0 Å². The first-order chi connectivity index (χ1) is 16.6. The predicted molar refractivity (Wildman–Crippen MR) is 134 cm³/mol. The summed E-state index contributed by atoms with van der Waals surface area (Å²) in [6.07, 6.45) is 0.656. The second kappa shape index (κ2) is 9.83. The van der Waals surface area contributed by atoms with E-state index in [1.165, 1.54) is 11.8 Å². The molecule has 0 aliphatic heterocycles. The third-order valence-electron chi connectivity index (χ3n) is 5.33. The summed E-state index contributed by atoms with van der Waals surface area (Å²) in [6.45, 7) is 4.06. The number of thioether (sulfide) groups is 1. The largest absolute Gasteiger partial charge is 0.419 e. The Morgan fingerprint density at radius 1 is 0.912 bits per heavy atom. The fourth-order valence-electron chi connectivity index (χ4n) is 3.62. The molecule has 0 saturated carbocycles. The predicted octanol–water partition coefficient (Wildman–Crippen LogP) is 6.72. The summed E-state index contributed by atoms with van der Waals surface area (Å²) in [7, 11) is 0. The molecule has 0 saturated heterocycles. The number of nitrogens with zero attached hydrogens (tertiary/aromatic N) is 5. The molecule has 0 bridgehead atoms. The lowest BCUT2D eigenvalue weighted by Crippen LogP contribution is -2.04. The zero-order valence-electron chi connectivity index (χ0n) is 18.7. The number of rotatable bonds is 7. The van der Waals surface area contributed by atoms with Crippen molar-refractivity contribution in [2.24, 2.45) is 0 Å². The topological polar surface area (TPSA) is 69.6 Å². The van der Waals surface area contributed by atoms with E-state index in [4.69, 9.17) is 16.0 Å². The monoisotopic (exact) mass is 487 g/mol. The van der Waals surface area contributed by atoms with Gasteiger partial charge in [-0.15, -0.1) is 20.4 Å². The number of hydrogen-bond donors (Lipinski definition) is 0. The molecule has 0 fully saturated rings. The van der Waals surface area contributed by atoms with Crippen LogP contribution in [0.5, 0.6) is 0 Å². The minimum atomic E-state index is -0.120. The fraction of sp³-hybridized carbons (Fsp3) is 0.154. The number of aromatic nitrogens is 5. The second-order valence-electron chi connectivity index (χ2n) is 7.95. The minimum absolute atomic E-state index is 0.120. The lowest BCUT2D eigenvalue weighted by Gasteiger charge is -2.12. The van der Waals surface area contributed by atoms with Gasteiger partial charge in [-0.1, -0.05) is 71.4 Å². The first-order valence-corrected chi connectivity index (χ1v) is 12.1. The van der Waals surface area contributed by atoms with Crippen molar-refractivity contribution in [1.29, 1.82) is 0 Å². The molecule has 0 N–H and O–H groups in total. The van der Waals surface area contributed by atoms with Crippen LogP contribution < -0.4 is 0 Å². The fourth-order valence-corrected chi connectivity index (χ4v) is 4.66. The van der Waals surface area contributed by atoms with Gasteiger partial charge in [-0.2, -0.15) is 0 Å². The second-order valence-corrected chi connectivity index (χ2v) is 9.69. The number of halogens is 1. The Labute approximate surface area is 207 Å². The van der Waals surface area contributed by atoms with Gasteiger partial charge >= 0.3 is 0 Å². The van der Waals surface area contributed by atoms with E-state index in [1.54, 1.807) is 0 Å². The van der Waals surface area contributed by atoms with Crippen molar-refractivity contribution in [3.05, 3.63) is 107 Å². The number of aryl methyl sites for hydroxylation is 1. The molecule has 0 aliphatic carbocycles. The Hall–Kier alpha value is -3.42. The molecule has 0 spiro atoms. The zero-order chi connectivity index (χ0) is 23.5. The maximum absolute atomic E-state index is 6.14. The van der Waals surface area contributed by atoms with E-state index in [2.05, 4.69) is 37.1 Å². The van der Waals surface area contributed by atoms with Crippen LogP contribution in [0.4, 0.5) is 0 Å². The molecule has 2 aromatic heterocycles. The van der Waals surface area contributed by atoms with Crippen molar-refractivity contribution < 1.29 is 4.42 Å². The molecule has 1 unspecified atom stereocenters. The molecule has 5 rings (SSSR count). The molecule has 0 aliphatic rings. The highest BCUT2D eigenvalue weighted by atomic mass is 35.5. The van der Waals surface area contributed by atoms with Crippen molar-refractivity contribution in [2.45, 2.75) is 30.7 Å². The summed E-state index contributed by atoms with van der Waals surface area (Å²) < 4.78 is 8.06. The van der Waals surface area contributed by atoms with Crippen molar-refractivity contribution >= 4 is 23.4 Å². The van der Waals surface area contributed by atoms with Gasteiger partial charge in [0.1, 0.15) is 5.82 Å². The lowest BCUT2D eigenvalue weighted by atomic mass is 10.1. The third-order valence-corrected chi connectivity index (χ3v) is 6.61. The van der Waals surface area contributed by atoms with Gasteiger partial charge in [0.15, 0.2) is 5.16 Å². The highest BCUT2D eigenvalue weighted by molar-refractivity contribution is 7.99. The minimum Gasteiger partial charge on any atom is -0.419 e. The molecule has 8 heteroatoms. The molecular formula is C26H22ClN5OS. The summed E-state index contributed by atoms with van der Waals surface area (Å²) in [4.78, 5) is 0. The van der Waals surface area contributed by atoms with E-state index in [0.29, 0.717) is 23.2 Å². The van der Waals surface area contributed by atoms with Gasteiger partial charge in [0.05, 0.1) is 5.25 Å². The molecule has 5 aromatic rings. The highest BCUT2D eigenvalue weighted by Crippen LogP contribution is 2.36. The van der Waals surface area contributed by atoms with Gasteiger partial charge in [-0.3, -0.25) is 4.57 Å². The molecule has 3 aromatic carbocycles. The van der Waals surface area contributed by atoms with Crippen molar-refractivity contribution in [3.8, 4) is 17.1 Å². The van der Waals surface area contributed by atoms with Gasteiger partial charge in [-0.25, -0.2) is 0 Å². The van der Waals surface area contributed by atoms with Crippen molar-refractivity contribution in [3.63, 3.8) is 0 Å². The van der Waals surface area contributed by atoms with E-state index in [9.17, 15) is 0 Å². The van der Waals surface area contributed by atoms with Gasteiger partial charge in [-0.05, 0) is 55.8 Å². The molecule has 1 atom stereocenters. The normalized spacial score (nSPS) is 12.1. The quantitative estimate of drug-likeness (QED) is 0.237. The lowest BCUT2D eigenvalue weighted by molar-refractivity contribution is 0.509. The highest BCUT2D eigenvalue weighted by Gasteiger charge is 2.22. The standard InChI is InChI=1S/C26H22ClN5OS/c1-17-7-6-10-20(15-17)25-30-29-24(33-25)18(2)34-26-31-28-23(16-19-8-4-3-5-9-19)32(26)22-13-11-21(27)12-14-22/h3-15,18H,16H2,1-2H3. The Morgan fingerprint density at radius 3 is 2.47 bits per heavy atom. The van der Waals surface area contributed by atoms with Crippen LogP contribution in [0, 0.1) is 6.92 Å². The van der Waals surface area contributed by atoms with E-state index in [0.717, 1.165) is 33.4 Å². The Balaban J connectivity index is 1.44. The average molecular weight is 488 g/mol. The van der Waals surface area contributed by atoms with Crippen molar-refractivity contribution in [2.75, 3.05) is 0 Å². The summed E-state index contributed by atoms with van der Waals surface area (Å²) in [5.74, 6) is 1.89. The molecule has 0 radical (unpaired) electrons. The Morgan fingerprint density at radius 2 is 1.71 bits per heavy atom. The first kappa shape index (κ1) is 22.4. The zero-order valence-corrected chi connectivity index (χ0v) is 20.3. The smallest absolute Gasteiger partial charge is 0.247 e. The third kappa shape index (κ3) is 4.90.